The normalized spacial score (nSPS) is 13.8. The van der Waals surface area contributed by atoms with E-state index in [1.54, 1.807) is 35.4 Å². The van der Waals surface area contributed by atoms with E-state index < -0.39 is 0 Å². The number of aromatic hydroxyl groups is 1. The number of pyridine rings is 1. The van der Waals surface area contributed by atoms with Crippen LogP contribution in [0.5, 0.6) is 5.88 Å². The Hall–Kier alpha value is -3.09. The molecule has 1 amide bonds. The van der Waals surface area contributed by atoms with Gasteiger partial charge in [-0.05, 0) is 30.7 Å². The van der Waals surface area contributed by atoms with Crippen LogP contribution in [0.15, 0.2) is 47.2 Å². The summed E-state index contributed by atoms with van der Waals surface area (Å²) in [4.78, 5) is 18.2. The van der Waals surface area contributed by atoms with Crippen LogP contribution in [0.25, 0.3) is 5.82 Å². The van der Waals surface area contributed by atoms with Gasteiger partial charge in [-0.25, -0.2) is 4.98 Å². The fourth-order valence-corrected chi connectivity index (χ4v) is 2.74. The van der Waals surface area contributed by atoms with Gasteiger partial charge in [-0.2, -0.15) is 9.78 Å². The molecule has 0 unspecified atom stereocenters. The molecule has 116 valence electrons. The Morgan fingerprint density at radius 3 is 2.91 bits per heavy atom. The van der Waals surface area contributed by atoms with E-state index in [0.717, 1.165) is 5.56 Å². The Morgan fingerprint density at radius 2 is 2.17 bits per heavy atom. The predicted octanol–water partition coefficient (Wildman–Crippen LogP) is 1.76. The summed E-state index contributed by atoms with van der Waals surface area (Å²) in [6, 6.07) is 8.72. The molecule has 0 aliphatic carbocycles. The number of carbonyl (C=O) groups excluding carboxylic acids is 1. The van der Waals surface area contributed by atoms with Gasteiger partial charge in [0, 0.05) is 18.3 Å². The molecule has 0 radical (unpaired) electrons. The van der Waals surface area contributed by atoms with Crippen molar-refractivity contribution in [1.29, 1.82) is 0 Å². The van der Waals surface area contributed by atoms with Crippen LogP contribution in [0.4, 0.5) is 0 Å². The van der Waals surface area contributed by atoms with Crippen LogP contribution < -0.4 is 0 Å². The lowest BCUT2D eigenvalue weighted by molar-refractivity contribution is 0.0699. The van der Waals surface area contributed by atoms with Gasteiger partial charge in [0.2, 0.25) is 5.88 Å². The van der Waals surface area contributed by atoms with E-state index in [1.165, 1.54) is 10.9 Å². The third-order valence-corrected chi connectivity index (χ3v) is 3.90. The molecule has 0 atom stereocenters. The third-order valence-electron chi connectivity index (χ3n) is 3.90. The largest absolute Gasteiger partial charge is 0.493 e. The van der Waals surface area contributed by atoms with Crippen molar-refractivity contribution in [2.75, 3.05) is 6.54 Å². The lowest BCUT2D eigenvalue weighted by atomic mass is 10.1. The molecular formula is C16H14N4O3. The lowest BCUT2D eigenvalue weighted by Crippen LogP contribution is -2.35. The van der Waals surface area contributed by atoms with Gasteiger partial charge in [0.15, 0.2) is 11.6 Å². The van der Waals surface area contributed by atoms with Gasteiger partial charge in [-0.15, -0.1) is 0 Å². The van der Waals surface area contributed by atoms with Crippen molar-refractivity contribution in [1.82, 2.24) is 19.7 Å². The zero-order valence-electron chi connectivity index (χ0n) is 12.2. The van der Waals surface area contributed by atoms with Crippen molar-refractivity contribution in [2.24, 2.45) is 0 Å². The summed E-state index contributed by atoms with van der Waals surface area (Å²) in [5, 5.41) is 14.8. The van der Waals surface area contributed by atoms with Crippen LogP contribution in [0, 0.1) is 0 Å². The van der Waals surface area contributed by atoms with Gasteiger partial charge in [-0.3, -0.25) is 4.79 Å². The van der Waals surface area contributed by atoms with Crippen LogP contribution in [0.1, 0.15) is 21.8 Å². The van der Waals surface area contributed by atoms with E-state index in [9.17, 15) is 9.90 Å². The van der Waals surface area contributed by atoms with Crippen LogP contribution >= 0.6 is 0 Å². The Labute approximate surface area is 131 Å². The Bertz CT molecular complexity index is 840. The monoisotopic (exact) mass is 310 g/mol. The van der Waals surface area contributed by atoms with Crippen LogP contribution in [-0.2, 0) is 13.0 Å². The van der Waals surface area contributed by atoms with Crippen molar-refractivity contribution in [3.8, 4) is 11.7 Å². The minimum atomic E-state index is -0.174. The maximum Gasteiger partial charge on any atom is 0.289 e. The molecule has 3 aromatic rings. The van der Waals surface area contributed by atoms with Gasteiger partial charge >= 0.3 is 0 Å². The number of rotatable bonds is 2. The van der Waals surface area contributed by atoms with Crippen molar-refractivity contribution < 1.29 is 14.3 Å². The molecule has 4 heterocycles. The van der Waals surface area contributed by atoms with Crippen LogP contribution in [-0.4, -0.2) is 37.2 Å². The Morgan fingerprint density at radius 1 is 1.26 bits per heavy atom. The second-order valence-electron chi connectivity index (χ2n) is 5.30. The van der Waals surface area contributed by atoms with Gasteiger partial charge in [0.1, 0.15) is 0 Å². The van der Waals surface area contributed by atoms with Gasteiger partial charge in [0.05, 0.1) is 18.5 Å². The molecule has 0 saturated heterocycles. The Kier molecular flexibility index (Phi) is 3.11. The number of hydrogen-bond donors (Lipinski definition) is 1. The second kappa shape index (κ2) is 5.28. The second-order valence-corrected chi connectivity index (χ2v) is 5.30. The maximum atomic E-state index is 12.4. The summed E-state index contributed by atoms with van der Waals surface area (Å²) < 4.78 is 6.57. The van der Waals surface area contributed by atoms with E-state index >= 15 is 0 Å². The highest BCUT2D eigenvalue weighted by Gasteiger charge is 2.29. The molecular weight excluding hydrogens is 296 g/mol. The summed E-state index contributed by atoms with van der Waals surface area (Å²) >= 11 is 0. The summed E-state index contributed by atoms with van der Waals surface area (Å²) in [6.07, 6.45) is 3.66. The fourth-order valence-electron chi connectivity index (χ4n) is 2.74. The smallest absolute Gasteiger partial charge is 0.289 e. The molecule has 3 aromatic heterocycles. The molecule has 0 saturated carbocycles. The van der Waals surface area contributed by atoms with E-state index in [0.29, 0.717) is 36.8 Å². The van der Waals surface area contributed by atoms with Gasteiger partial charge in [0.25, 0.3) is 5.91 Å². The molecule has 7 nitrogen and oxygen atoms in total. The molecule has 1 aliphatic rings. The van der Waals surface area contributed by atoms with E-state index in [2.05, 4.69) is 10.1 Å². The predicted molar refractivity (Wildman–Crippen MR) is 80.2 cm³/mol. The van der Waals surface area contributed by atoms with Gasteiger partial charge in [-0.1, -0.05) is 6.07 Å². The highest BCUT2D eigenvalue weighted by Crippen LogP contribution is 2.29. The number of amides is 1. The molecule has 7 heteroatoms. The first-order valence-corrected chi connectivity index (χ1v) is 7.28. The fraction of sp³-hybridized carbons (Fsp3) is 0.188. The first kappa shape index (κ1) is 13.6. The van der Waals surface area contributed by atoms with Crippen molar-refractivity contribution in [3.05, 3.63) is 59.8 Å². The topological polar surface area (TPSA) is 84.4 Å². The van der Waals surface area contributed by atoms with E-state index in [-0.39, 0.29) is 11.8 Å². The van der Waals surface area contributed by atoms with Crippen molar-refractivity contribution in [3.63, 3.8) is 0 Å². The first-order valence-electron chi connectivity index (χ1n) is 7.28. The lowest BCUT2D eigenvalue weighted by Gasteiger charge is -2.25. The van der Waals surface area contributed by atoms with Crippen molar-refractivity contribution in [2.45, 2.75) is 13.0 Å². The molecule has 1 aliphatic heterocycles. The quantitative estimate of drug-likeness (QED) is 0.779. The molecule has 23 heavy (non-hydrogen) atoms. The number of carbonyl (C=O) groups is 1. The average molecular weight is 310 g/mol. The Balaban J connectivity index is 1.65. The SMILES string of the molecule is O=C(c1ccco1)N1CCc2c(nn(-c3ccccn3)c2O)C1. The first-order chi connectivity index (χ1) is 11.2. The van der Waals surface area contributed by atoms with E-state index in [1.807, 2.05) is 6.07 Å². The summed E-state index contributed by atoms with van der Waals surface area (Å²) in [7, 11) is 0. The van der Waals surface area contributed by atoms with Crippen LogP contribution in [0.3, 0.4) is 0 Å². The number of aromatic nitrogens is 3. The summed E-state index contributed by atoms with van der Waals surface area (Å²) in [6.45, 7) is 0.844. The van der Waals surface area contributed by atoms with Gasteiger partial charge < -0.3 is 14.4 Å². The van der Waals surface area contributed by atoms with Crippen LogP contribution in [0.2, 0.25) is 0 Å². The maximum absolute atomic E-state index is 12.4. The molecule has 0 bridgehead atoms. The highest BCUT2D eigenvalue weighted by molar-refractivity contribution is 5.91. The zero-order valence-corrected chi connectivity index (χ0v) is 12.2. The minimum Gasteiger partial charge on any atom is -0.493 e. The zero-order chi connectivity index (χ0) is 15.8. The molecule has 0 aromatic carbocycles. The number of fused-ring (bicyclic) bond motifs is 1. The highest BCUT2D eigenvalue weighted by atomic mass is 16.3. The summed E-state index contributed by atoms with van der Waals surface area (Å²) in [5.74, 6) is 0.765. The third kappa shape index (κ3) is 2.26. The number of hydrogen-bond acceptors (Lipinski definition) is 5. The average Bonchev–Trinajstić information content (AvgIpc) is 3.23. The minimum absolute atomic E-state index is 0.0868. The summed E-state index contributed by atoms with van der Waals surface area (Å²) in [5.41, 5.74) is 1.44. The van der Waals surface area contributed by atoms with E-state index in [4.69, 9.17) is 4.42 Å². The standard InChI is InChI=1S/C16H14N4O3/c21-15-11-6-8-19(16(22)13-4-3-9-23-13)10-12(11)18-20(15)14-5-1-2-7-17-14/h1-5,7,9,21H,6,8,10H2. The molecule has 1 N–H and O–H groups in total. The van der Waals surface area contributed by atoms with Crippen molar-refractivity contribution >= 4 is 5.91 Å². The molecule has 0 fully saturated rings. The number of nitrogens with zero attached hydrogens (tertiary/aromatic N) is 4. The molecule has 4 rings (SSSR count). The number of furan rings is 1. The molecule has 0 spiro atoms.